The first-order valence-corrected chi connectivity index (χ1v) is 12.4. The number of aromatic nitrogens is 2. The topological polar surface area (TPSA) is 80.4 Å². The van der Waals surface area contributed by atoms with E-state index in [1.54, 1.807) is 36.4 Å². The van der Waals surface area contributed by atoms with Gasteiger partial charge in [0.1, 0.15) is 12.3 Å². The highest BCUT2D eigenvalue weighted by molar-refractivity contribution is 6.30. The molecule has 0 saturated heterocycles. The number of rotatable bonds is 8. The summed E-state index contributed by atoms with van der Waals surface area (Å²) in [6, 6.07) is 27.7. The zero-order valence-corrected chi connectivity index (χ0v) is 21.4. The molecule has 38 heavy (non-hydrogen) atoms. The van der Waals surface area contributed by atoms with E-state index in [0.29, 0.717) is 28.0 Å². The second-order valence-electron chi connectivity index (χ2n) is 8.82. The molecule has 3 aromatic carbocycles. The van der Waals surface area contributed by atoms with E-state index >= 15 is 0 Å². The number of hydrogen-bond donors (Lipinski definition) is 1. The van der Waals surface area contributed by atoms with Crippen molar-refractivity contribution in [3.05, 3.63) is 125 Å². The minimum absolute atomic E-state index is 0.129. The quantitative estimate of drug-likeness (QED) is 0.255. The number of anilines is 1. The van der Waals surface area contributed by atoms with Gasteiger partial charge in [0.2, 0.25) is 11.9 Å². The number of imidazole rings is 1. The van der Waals surface area contributed by atoms with E-state index in [9.17, 15) is 9.59 Å². The van der Waals surface area contributed by atoms with Crippen molar-refractivity contribution in [2.75, 3.05) is 11.9 Å². The summed E-state index contributed by atoms with van der Waals surface area (Å²) in [4.78, 5) is 32.8. The Morgan fingerprint density at radius 3 is 2.37 bits per heavy atom. The predicted molar refractivity (Wildman–Crippen MR) is 147 cm³/mol. The second-order valence-corrected chi connectivity index (χ2v) is 9.25. The van der Waals surface area contributed by atoms with E-state index < -0.39 is 5.91 Å². The molecule has 2 heterocycles. The Labute approximate surface area is 225 Å². The molecule has 5 rings (SSSR count). The van der Waals surface area contributed by atoms with Crippen LogP contribution in [-0.2, 0) is 11.3 Å². The fourth-order valence-corrected chi connectivity index (χ4v) is 4.15. The van der Waals surface area contributed by atoms with Gasteiger partial charge in [0, 0.05) is 28.0 Å². The highest BCUT2D eigenvalue weighted by atomic mass is 35.5. The van der Waals surface area contributed by atoms with Crippen molar-refractivity contribution in [3.63, 3.8) is 0 Å². The molecule has 0 spiro atoms. The van der Waals surface area contributed by atoms with Crippen molar-refractivity contribution in [1.82, 2.24) is 14.5 Å². The first-order valence-electron chi connectivity index (χ1n) is 12.1. The van der Waals surface area contributed by atoms with E-state index in [-0.39, 0.29) is 19.0 Å². The summed E-state index contributed by atoms with van der Waals surface area (Å²) >= 11 is 5.99. The summed E-state index contributed by atoms with van der Waals surface area (Å²) in [7, 11) is 0. The van der Waals surface area contributed by atoms with Crippen molar-refractivity contribution >= 4 is 29.4 Å². The van der Waals surface area contributed by atoms with E-state index in [0.717, 1.165) is 16.8 Å². The van der Waals surface area contributed by atoms with E-state index in [4.69, 9.17) is 21.0 Å². The number of aryl methyl sites for hydroxylation is 1. The molecule has 0 saturated carbocycles. The minimum Gasteiger partial charge on any atom is -0.467 e. The summed E-state index contributed by atoms with van der Waals surface area (Å²) < 4.78 is 7.28. The van der Waals surface area contributed by atoms with Crippen LogP contribution in [0, 0.1) is 6.92 Å². The molecule has 1 N–H and O–H groups in total. The maximum atomic E-state index is 13.3. The molecule has 2 aromatic heterocycles. The first-order chi connectivity index (χ1) is 18.5. The van der Waals surface area contributed by atoms with Gasteiger partial charge in [-0.25, -0.2) is 4.98 Å². The molecule has 5 aromatic rings. The standard InChI is InChI=1S/C30H25ClN4O3/c1-21-9-15-25(16-10-21)35-19-27(22-6-3-2-4-7-22)32-30(35)33-28(36)20-34(18-26-8-5-17-38-26)29(37)23-11-13-24(31)14-12-23/h2-17,19H,18,20H2,1H3,(H,32,33,36). The number of carbonyl (C=O) groups excluding carboxylic acids is 2. The monoisotopic (exact) mass is 524 g/mol. The maximum Gasteiger partial charge on any atom is 0.254 e. The average Bonchev–Trinajstić information content (AvgIpc) is 3.60. The summed E-state index contributed by atoms with van der Waals surface area (Å²) in [5, 5.41) is 3.43. The van der Waals surface area contributed by atoms with Crippen molar-refractivity contribution in [1.29, 1.82) is 0 Å². The molecule has 7 nitrogen and oxygen atoms in total. The van der Waals surface area contributed by atoms with E-state index in [1.807, 2.05) is 72.3 Å². The Balaban J connectivity index is 1.42. The molecule has 0 radical (unpaired) electrons. The average molecular weight is 525 g/mol. The van der Waals surface area contributed by atoms with Gasteiger partial charge < -0.3 is 9.32 Å². The SMILES string of the molecule is Cc1ccc(-n2cc(-c3ccccc3)nc2NC(=O)CN(Cc2ccco2)C(=O)c2ccc(Cl)cc2)cc1. The third kappa shape index (κ3) is 5.85. The van der Waals surface area contributed by atoms with Gasteiger partial charge in [0.15, 0.2) is 0 Å². The van der Waals surface area contributed by atoms with Crippen molar-refractivity contribution in [2.45, 2.75) is 13.5 Å². The van der Waals surface area contributed by atoms with Crippen LogP contribution in [0.4, 0.5) is 5.95 Å². The number of amides is 2. The molecule has 0 aliphatic carbocycles. The van der Waals surface area contributed by atoms with Gasteiger partial charge in [0.25, 0.3) is 5.91 Å². The van der Waals surface area contributed by atoms with E-state index in [1.165, 1.54) is 11.2 Å². The number of halogens is 1. The lowest BCUT2D eigenvalue weighted by atomic mass is 10.2. The Bertz CT molecular complexity index is 1530. The lowest BCUT2D eigenvalue weighted by molar-refractivity contribution is -0.117. The van der Waals surface area contributed by atoms with Crippen LogP contribution in [0.25, 0.3) is 16.9 Å². The molecule has 2 amide bonds. The van der Waals surface area contributed by atoms with Crippen LogP contribution in [0.3, 0.4) is 0 Å². The molecule has 0 aliphatic heterocycles. The minimum atomic E-state index is -0.391. The lowest BCUT2D eigenvalue weighted by Gasteiger charge is -2.21. The summed E-state index contributed by atoms with van der Waals surface area (Å²) in [6.07, 6.45) is 3.42. The zero-order chi connectivity index (χ0) is 26.5. The van der Waals surface area contributed by atoms with Gasteiger partial charge in [-0.15, -0.1) is 0 Å². The highest BCUT2D eigenvalue weighted by Gasteiger charge is 2.22. The van der Waals surface area contributed by atoms with Gasteiger partial charge in [-0.05, 0) is 55.5 Å². The summed E-state index contributed by atoms with van der Waals surface area (Å²) in [6.45, 7) is 1.94. The number of furan rings is 1. The summed E-state index contributed by atoms with van der Waals surface area (Å²) in [5.41, 5.74) is 4.03. The fraction of sp³-hybridized carbons (Fsp3) is 0.100. The number of benzene rings is 3. The normalized spacial score (nSPS) is 10.8. The van der Waals surface area contributed by atoms with Crippen molar-refractivity contribution in [2.24, 2.45) is 0 Å². The second kappa shape index (κ2) is 11.2. The third-order valence-corrected chi connectivity index (χ3v) is 6.23. The third-order valence-electron chi connectivity index (χ3n) is 5.98. The van der Waals surface area contributed by atoms with Crippen LogP contribution >= 0.6 is 11.6 Å². The number of nitrogens with zero attached hydrogens (tertiary/aromatic N) is 3. The Kier molecular flexibility index (Phi) is 7.38. The van der Waals surface area contributed by atoms with Crippen LogP contribution < -0.4 is 5.32 Å². The van der Waals surface area contributed by atoms with Crippen molar-refractivity contribution < 1.29 is 14.0 Å². The highest BCUT2D eigenvalue weighted by Crippen LogP contribution is 2.25. The summed E-state index contributed by atoms with van der Waals surface area (Å²) in [5.74, 6) is 0.208. The Morgan fingerprint density at radius 2 is 1.68 bits per heavy atom. The fourth-order valence-electron chi connectivity index (χ4n) is 4.02. The van der Waals surface area contributed by atoms with Gasteiger partial charge >= 0.3 is 0 Å². The molecule has 0 bridgehead atoms. The molecule has 0 atom stereocenters. The molecule has 190 valence electrons. The van der Waals surface area contributed by atoms with Gasteiger partial charge in [-0.3, -0.25) is 19.5 Å². The van der Waals surface area contributed by atoms with Gasteiger partial charge in [0.05, 0.1) is 18.5 Å². The molecule has 8 heteroatoms. The van der Waals surface area contributed by atoms with Crippen LogP contribution in [0.15, 0.2) is 108 Å². The van der Waals surface area contributed by atoms with E-state index in [2.05, 4.69) is 5.32 Å². The molecular formula is C30H25ClN4O3. The molecule has 0 unspecified atom stereocenters. The van der Waals surface area contributed by atoms with Gasteiger partial charge in [-0.1, -0.05) is 59.6 Å². The van der Waals surface area contributed by atoms with Crippen LogP contribution in [-0.4, -0.2) is 32.8 Å². The first kappa shape index (κ1) is 25.0. The smallest absolute Gasteiger partial charge is 0.254 e. The van der Waals surface area contributed by atoms with Gasteiger partial charge in [-0.2, -0.15) is 0 Å². The Hall–Kier alpha value is -4.62. The van der Waals surface area contributed by atoms with Crippen LogP contribution in [0.1, 0.15) is 21.7 Å². The Morgan fingerprint density at radius 1 is 0.947 bits per heavy atom. The largest absolute Gasteiger partial charge is 0.467 e. The van der Waals surface area contributed by atoms with Crippen molar-refractivity contribution in [3.8, 4) is 16.9 Å². The maximum absolute atomic E-state index is 13.3. The lowest BCUT2D eigenvalue weighted by Crippen LogP contribution is -2.37. The number of hydrogen-bond acceptors (Lipinski definition) is 4. The van der Waals surface area contributed by atoms with Crippen LogP contribution in [0.2, 0.25) is 5.02 Å². The zero-order valence-electron chi connectivity index (χ0n) is 20.7. The molecule has 0 fully saturated rings. The van der Waals surface area contributed by atoms with Crippen LogP contribution in [0.5, 0.6) is 0 Å². The predicted octanol–water partition coefficient (Wildman–Crippen LogP) is 6.38. The molecule has 0 aliphatic rings. The number of nitrogens with one attached hydrogen (secondary N) is 1. The number of carbonyl (C=O) groups is 2. The molecular weight excluding hydrogens is 500 g/mol.